The SMILES string of the molecule is O=C(O)c1ccc(OCc2cscn2)c(Cl)c1. The summed E-state index contributed by atoms with van der Waals surface area (Å²) in [4.78, 5) is 14.8. The molecule has 0 saturated carbocycles. The lowest BCUT2D eigenvalue weighted by Crippen LogP contribution is -1.99. The quantitative estimate of drug-likeness (QED) is 0.927. The van der Waals surface area contributed by atoms with Gasteiger partial charge in [0.1, 0.15) is 12.4 Å². The summed E-state index contributed by atoms with van der Waals surface area (Å²) in [6.07, 6.45) is 0. The minimum atomic E-state index is -1.02. The van der Waals surface area contributed by atoms with E-state index in [1.165, 1.54) is 29.5 Å². The van der Waals surface area contributed by atoms with Crippen LogP contribution in [0.4, 0.5) is 0 Å². The molecular weight excluding hydrogens is 262 g/mol. The topological polar surface area (TPSA) is 59.4 Å². The molecule has 0 spiro atoms. The molecule has 0 aliphatic rings. The minimum absolute atomic E-state index is 0.135. The van der Waals surface area contributed by atoms with E-state index in [4.69, 9.17) is 21.4 Å². The predicted octanol–water partition coefficient (Wildman–Crippen LogP) is 3.07. The first-order valence-electron chi connectivity index (χ1n) is 4.69. The van der Waals surface area contributed by atoms with Crippen LogP contribution in [0, 0.1) is 0 Å². The van der Waals surface area contributed by atoms with Gasteiger partial charge in [-0.3, -0.25) is 0 Å². The second-order valence-corrected chi connectivity index (χ2v) is 4.34. The fourth-order valence-electron chi connectivity index (χ4n) is 1.21. The third-order valence-corrected chi connectivity index (χ3v) is 2.97. The molecule has 0 aliphatic heterocycles. The second kappa shape index (κ2) is 5.16. The van der Waals surface area contributed by atoms with Gasteiger partial charge in [-0.05, 0) is 18.2 Å². The number of nitrogens with zero attached hydrogens (tertiary/aromatic N) is 1. The summed E-state index contributed by atoms with van der Waals surface area (Å²) in [6, 6.07) is 4.35. The van der Waals surface area contributed by atoms with Crippen LogP contribution in [0.5, 0.6) is 5.75 Å². The highest BCUT2D eigenvalue weighted by atomic mass is 35.5. The standard InChI is InChI=1S/C11H8ClNO3S/c12-9-3-7(11(14)15)1-2-10(9)16-4-8-5-17-6-13-8/h1-3,5-6H,4H2,(H,14,15). The molecule has 0 atom stereocenters. The highest BCUT2D eigenvalue weighted by molar-refractivity contribution is 7.07. The van der Waals surface area contributed by atoms with Gasteiger partial charge in [0.05, 0.1) is 21.8 Å². The Kier molecular flexibility index (Phi) is 3.61. The van der Waals surface area contributed by atoms with Crippen LogP contribution < -0.4 is 4.74 Å². The largest absolute Gasteiger partial charge is 0.486 e. The highest BCUT2D eigenvalue weighted by Gasteiger charge is 2.08. The van der Waals surface area contributed by atoms with E-state index >= 15 is 0 Å². The van der Waals surface area contributed by atoms with Crippen LogP contribution in [-0.4, -0.2) is 16.1 Å². The number of aromatic carboxylic acids is 1. The van der Waals surface area contributed by atoms with Gasteiger partial charge in [-0.1, -0.05) is 11.6 Å². The number of rotatable bonds is 4. The van der Waals surface area contributed by atoms with Crippen molar-refractivity contribution in [3.8, 4) is 5.75 Å². The number of hydrogen-bond donors (Lipinski definition) is 1. The lowest BCUT2D eigenvalue weighted by Gasteiger charge is -2.06. The maximum Gasteiger partial charge on any atom is 0.335 e. The first-order chi connectivity index (χ1) is 8.16. The summed E-state index contributed by atoms with van der Waals surface area (Å²) >= 11 is 7.39. The Morgan fingerprint density at radius 3 is 2.94 bits per heavy atom. The van der Waals surface area contributed by atoms with Gasteiger partial charge < -0.3 is 9.84 Å². The maximum absolute atomic E-state index is 10.7. The van der Waals surface area contributed by atoms with Crippen LogP contribution in [0.1, 0.15) is 16.1 Å². The number of thiazole rings is 1. The molecule has 1 aromatic carbocycles. The Bertz CT molecular complexity index is 528. The number of carbonyl (C=O) groups is 1. The van der Waals surface area contributed by atoms with Crippen molar-refractivity contribution in [2.75, 3.05) is 0 Å². The summed E-state index contributed by atoms with van der Waals surface area (Å²) in [5, 5.41) is 10.9. The Balaban J connectivity index is 2.09. The molecule has 1 aromatic heterocycles. The second-order valence-electron chi connectivity index (χ2n) is 3.22. The van der Waals surface area contributed by atoms with E-state index in [0.717, 1.165) is 5.69 Å². The zero-order valence-electron chi connectivity index (χ0n) is 8.59. The molecule has 0 aliphatic carbocycles. The summed E-state index contributed by atoms with van der Waals surface area (Å²) in [7, 11) is 0. The van der Waals surface area contributed by atoms with Crippen molar-refractivity contribution in [1.29, 1.82) is 0 Å². The van der Waals surface area contributed by atoms with Crippen LogP contribution in [-0.2, 0) is 6.61 Å². The van der Waals surface area contributed by atoms with Crippen molar-refractivity contribution in [3.63, 3.8) is 0 Å². The van der Waals surface area contributed by atoms with Crippen molar-refractivity contribution in [2.45, 2.75) is 6.61 Å². The molecule has 2 aromatic rings. The fourth-order valence-corrected chi connectivity index (χ4v) is 1.99. The summed E-state index contributed by atoms with van der Waals surface area (Å²) < 4.78 is 5.44. The summed E-state index contributed by atoms with van der Waals surface area (Å²) in [6.45, 7) is 0.315. The Morgan fingerprint density at radius 2 is 2.35 bits per heavy atom. The number of aromatic nitrogens is 1. The first-order valence-corrected chi connectivity index (χ1v) is 6.01. The smallest absolute Gasteiger partial charge is 0.335 e. The molecule has 0 amide bonds. The highest BCUT2D eigenvalue weighted by Crippen LogP contribution is 2.26. The number of carboxylic acids is 1. The van der Waals surface area contributed by atoms with Crippen molar-refractivity contribution >= 4 is 28.9 Å². The van der Waals surface area contributed by atoms with E-state index in [9.17, 15) is 4.79 Å². The molecule has 2 rings (SSSR count). The van der Waals surface area contributed by atoms with Crippen LogP contribution in [0.25, 0.3) is 0 Å². The average Bonchev–Trinajstić information content (AvgIpc) is 2.80. The van der Waals surface area contributed by atoms with Crippen molar-refractivity contribution in [1.82, 2.24) is 4.98 Å². The maximum atomic E-state index is 10.7. The van der Waals surface area contributed by atoms with E-state index in [1.54, 1.807) is 5.51 Å². The van der Waals surface area contributed by atoms with Gasteiger partial charge in [-0.15, -0.1) is 11.3 Å². The monoisotopic (exact) mass is 269 g/mol. The lowest BCUT2D eigenvalue weighted by atomic mass is 10.2. The van der Waals surface area contributed by atoms with Crippen molar-refractivity contribution < 1.29 is 14.6 Å². The third-order valence-electron chi connectivity index (χ3n) is 2.04. The molecule has 0 saturated heterocycles. The zero-order chi connectivity index (χ0) is 12.3. The number of halogens is 1. The molecule has 0 bridgehead atoms. The number of benzene rings is 1. The lowest BCUT2D eigenvalue weighted by molar-refractivity contribution is 0.0697. The van der Waals surface area contributed by atoms with Gasteiger partial charge >= 0.3 is 5.97 Å². The van der Waals surface area contributed by atoms with Gasteiger partial charge in [0.15, 0.2) is 0 Å². The predicted molar refractivity (Wildman–Crippen MR) is 64.9 cm³/mol. The zero-order valence-corrected chi connectivity index (χ0v) is 10.2. The molecule has 0 unspecified atom stereocenters. The molecule has 0 fully saturated rings. The van der Waals surface area contributed by atoms with Crippen LogP contribution >= 0.6 is 22.9 Å². The number of hydrogen-bond acceptors (Lipinski definition) is 4. The molecule has 4 nitrogen and oxygen atoms in total. The van der Waals surface area contributed by atoms with Gasteiger partial charge in [-0.25, -0.2) is 9.78 Å². The Hall–Kier alpha value is -1.59. The molecule has 6 heteroatoms. The van der Waals surface area contributed by atoms with E-state index in [-0.39, 0.29) is 10.6 Å². The summed E-state index contributed by atoms with van der Waals surface area (Å²) in [5.74, 6) is -0.567. The average molecular weight is 270 g/mol. The van der Waals surface area contributed by atoms with Crippen LogP contribution in [0.15, 0.2) is 29.1 Å². The van der Waals surface area contributed by atoms with E-state index in [2.05, 4.69) is 4.98 Å². The van der Waals surface area contributed by atoms with E-state index in [1.807, 2.05) is 5.38 Å². The fraction of sp³-hybridized carbons (Fsp3) is 0.0909. The molecule has 17 heavy (non-hydrogen) atoms. The number of ether oxygens (including phenoxy) is 1. The van der Waals surface area contributed by atoms with Crippen LogP contribution in [0.3, 0.4) is 0 Å². The van der Waals surface area contributed by atoms with E-state index < -0.39 is 5.97 Å². The molecule has 88 valence electrons. The first kappa shape index (κ1) is 11.9. The molecular formula is C11H8ClNO3S. The van der Waals surface area contributed by atoms with Gasteiger partial charge in [-0.2, -0.15) is 0 Å². The summed E-state index contributed by atoms with van der Waals surface area (Å²) in [5.41, 5.74) is 2.66. The van der Waals surface area contributed by atoms with Crippen molar-refractivity contribution in [2.24, 2.45) is 0 Å². The Labute approximate surface area is 106 Å². The minimum Gasteiger partial charge on any atom is -0.486 e. The molecule has 1 N–H and O–H groups in total. The van der Waals surface area contributed by atoms with Crippen LogP contribution in [0.2, 0.25) is 5.02 Å². The van der Waals surface area contributed by atoms with Crippen molar-refractivity contribution in [3.05, 3.63) is 45.4 Å². The normalized spacial score (nSPS) is 10.2. The molecule has 0 radical (unpaired) electrons. The molecule has 1 heterocycles. The Morgan fingerprint density at radius 1 is 1.53 bits per heavy atom. The van der Waals surface area contributed by atoms with Gasteiger partial charge in [0.25, 0.3) is 0 Å². The third kappa shape index (κ3) is 2.95. The van der Waals surface area contributed by atoms with Gasteiger partial charge in [0.2, 0.25) is 0 Å². The van der Waals surface area contributed by atoms with Gasteiger partial charge in [0, 0.05) is 5.38 Å². The number of carboxylic acid groups (broad SMARTS) is 1. The van der Waals surface area contributed by atoms with E-state index in [0.29, 0.717) is 12.4 Å².